The predicted molar refractivity (Wildman–Crippen MR) is 71.8 cm³/mol. The Bertz CT molecular complexity index is 724. The fraction of sp³-hybridized carbons (Fsp3) is 0.571. The van der Waals surface area contributed by atoms with E-state index in [9.17, 15) is 9.18 Å². The number of hydrogen-bond donors (Lipinski definition) is 0. The third-order valence-corrected chi connectivity index (χ3v) is 3.79. The first-order valence-corrected chi connectivity index (χ1v) is 6.60. The van der Waals surface area contributed by atoms with Crippen molar-refractivity contribution in [2.45, 2.75) is 46.7 Å². The van der Waals surface area contributed by atoms with Crippen molar-refractivity contribution in [2.75, 3.05) is 0 Å². The minimum atomic E-state index is -0.359. The van der Waals surface area contributed by atoms with Crippen molar-refractivity contribution in [3.63, 3.8) is 0 Å². The molecule has 0 amide bonds. The van der Waals surface area contributed by atoms with Gasteiger partial charge in [-0.3, -0.25) is 4.79 Å². The lowest BCUT2D eigenvalue weighted by atomic mass is 9.91. The van der Waals surface area contributed by atoms with Gasteiger partial charge in [-0.1, -0.05) is 13.8 Å². The molecule has 0 bridgehead atoms. The predicted octanol–water partition coefficient (Wildman–Crippen LogP) is 2.50. The van der Waals surface area contributed by atoms with E-state index < -0.39 is 0 Å². The smallest absolute Gasteiger partial charge is 0.279 e. The van der Waals surface area contributed by atoms with Crippen LogP contribution in [0.5, 0.6) is 0 Å². The maximum Gasteiger partial charge on any atom is 0.279 e. The highest BCUT2D eigenvalue weighted by Crippen LogP contribution is 2.37. The molecule has 0 radical (unpaired) electrons. The van der Waals surface area contributed by atoms with Gasteiger partial charge in [0.25, 0.3) is 5.56 Å². The van der Waals surface area contributed by atoms with Crippen LogP contribution >= 0.6 is 0 Å². The van der Waals surface area contributed by atoms with Gasteiger partial charge in [-0.2, -0.15) is 5.10 Å². The van der Waals surface area contributed by atoms with Crippen molar-refractivity contribution < 1.29 is 4.39 Å². The molecule has 0 spiro atoms. The van der Waals surface area contributed by atoms with E-state index in [1.165, 1.54) is 4.68 Å². The summed E-state index contributed by atoms with van der Waals surface area (Å²) in [4.78, 5) is 12.3. The molecule has 2 aromatic heterocycles. The molecule has 0 aliphatic carbocycles. The molecule has 1 aliphatic rings. The highest BCUT2D eigenvalue weighted by Gasteiger charge is 2.34. The Morgan fingerprint density at radius 1 is 1.42 bits per heavy atom. The van der Waals surface area contributed by atoms with Crippen molar-refractivity contribution in [3.8, 4) is 0 Å². The molecule has 102 valence electrons. The monoisotopic (exact) mass is 263 g/mol. The van der Waals surface area contributed by atoms with Gasteiger partial charge in [-0.15, -0.1) is 0 Å². The second-order valence-corrected chi connectivity index (χ2v) is 6.44. The van der Waals surface area contributed by atoms with Gasteiger partial charge in [-0.25, -0.2) is 9.07 Å². The van der Waals surface area contributed by atoms with E-state index in [2.05, 4.69) is 18.9 Å². The highest BCUT2D eigenvalue weighted by molar-refractivity contribution is 5.80. The van der Waals surface area contributed by atoms with E-state index >= 15 is 0 Å². The van der Waals surface area contributed by atoms with Crippen LogP contribution in [0.4, 0.5) is 4.39 Å². The maximum atomic E-state index is 14.5. The summed E-state index contributed by atoms with van der Waals surface area (Å²) in [5.41, 5.74) is 0.974. The summed E-state index contributed by atoms with van der Waals surface area (Å²) in [5, 5.41) is 4.35. The largest absolute Gasteiger partial charge is 0.340 e. The van der Waals surface area contributed by atoms with Crippen LogP contribution in [-0.2, 0) is 13.0 Å². The minimum Gasteiger partial charge on any atom is -0.340 e. The van der Waals surface area contributed by atoms with Gasteiger partial charge in [0.1, 0.15) is 5.39 Å². The van der Waals surface area contributed by atoms with Crippen molar-refractivity contribution in [1.82, 2.24) is 14.3 Å². The van der Waals surface area contributed by atoms with Crippen LogP contribution in [-0.4, -0.2) is 14.3 Å². The molecule has 0 saturated carbocycles. The van der Waals surface area contributed by atoms with Crippen LogP contribution < -0.4 is 5.56 Å². The average molecular weight is 263 g/mol. The summed E-state index contributed by atoms with van der Waals surface area (Å²) in [6.07, 6.45) is 2.28. The SMILES string of the molecule is CC(C)n1ncc2c(c(F)c3n2CC(C)(C)C3)c1=O. The second-order valence-electron chi connectivity index (χ2n) is 6.44. The summed E-state index contributed by atoms with van der Waals surface area (Å²) >= 11 is 0. The Morgan fingerprint density at radius 3 is 2.74 bits per heavy atom. The van der Waals surface area contributed by atoms with Gasteiger partial charge in [0.2, 0.25) is 0 Å². The first-order valence-electron chi connectivity index (χ1n) is 6.60. The quantitative estimate of drug-likeness (QED) is 0.793. The van der Waals surface area contributed by atoms with Crippen molar-refractivity contribution in [1.29, 1.82) is 0 Å². The molecule has 5 heteroatoms. The van der Waals surface area contributed by atoms with Gasteiger partial charge in [0.05, 0.1) is 23.4 Å². The molecule has 3 heterocycles. The average Bonchev–Trinajstić information content (AvgIpc) is 2.74. The second kappa shape index (κ2) is 3.68. The Balaban J connectivity index is 2.34. The van der Waals surface area contributed by atoms with E-state index in [1.807, 2.05) is 18.4 Å². The molecule has 1 aliphatic heterocycles. The first kappa shape index (κ1) is 12.4. The standard InChI is InChI=1S/C14H18FN3O/c1-8(2)18-13(19)11-10(6-16-18)17-7-14(3,4)5-9(17)12(11)15/h6,8H,5,7H2,1-4H3. The number of nitrogens with zero attached hydrogens (tertiary/aromatic N) is 3. The van der Waals surface area contributed by atoms with Crippen LogP contribution in [0, 0.1) is 11.2 Å². The number of aromatic nitrogens is 3. The van der Waals surface area contributed by atoms with Crippen molar-refractivity contribution in [2.24, 2.45) is 5.41 Å². The summed E-state index contributed by atoms with van der Waals surface area (Å²) in [6.45, 7) is 8.67. The van der Waals surface area contributed by atoms with Crippen LogP contribution in [0.15, 0.2) is 11.0 Å². The molecular formula is C14H18FN3O. The topological polar surface area (TPSA) is 39.8 Å². The third-order valence-electron chi connectivity index (χ3n) is 3.79. The Hall–Kier alpha value is -1.65. The summed E-state index contributed by atoms with van der Waals surface area (Å²) in [6, 6.07) is -0.0671. The van der Waals surface area contributed by atoms with Gasteiger partial charge in [-0.05, 0) is 25.7 Å². The van der Waals surface area contributed by atoms with Gasteiger partial charge in [0, 0.05) is 6.54 Å². The zero-order valence-electron chi connectivity index (χ0n) is 11.7. The van der Waals surface area contributed by atoms with Crippen molar-refractivity contribution >= 4 is 10.9 Å². The van der Waals surface area contributed by atoms with Crippen molar-refractivity contribution in [3.05, 3.63) is 28.1 Å². The zero-order chi connectivity index (χ0) is 13.9. The molecule has 3 rings (SSSR count). The minimum absolute atomic E-state index is 0.0390. The number of hydrogen-bond acceptors (Lipinski definition) is 2. The van der Waals surface area contributed by atoms with E-state index in [4.69, 9.17) is 0 Å². The maximum absolute atomic E-state index is 14.5. The fourth-order valence-electron chi connectivity index (χ4n) is 2.94. The van der Waals surface area contributed by atoms with Crippen LogP contribution in [0.3, 0.4) is 0 Å². The molecule has 4 nitrogen and oxygen atoms in total. The van der Waals surface area contributed by atoms with E-state index in [0.717, 1.165) is 6.54 Å². The summed E-state index contributed by atoms with van der Waals surface area (Å²) in [5.74, 6) is -0.359. The zero-order valence-corrected chi connectivity index (χ0v) is 11.7. The fourth-order valence-corrected chi connectivity index (χ4v) is 2.94. The first-order chi connectivity index (χ1) is 8.82. The molecular weight excluding hydrogens is 245 g/mol. The lowest BCUT2D eigenvalue weighted by molar-refractivity contribution is 0.360. The van der Waals surface area contributed by atoms with Gasteiger partial charge in [0.15, 0.2) is 5.82 Å². The Labute approximate surface area is 110 Å². The molecule has 19 heavy (non-hydrogen) atoms. The molecule has 0 aromatic carbocycles. The number of halogens is 1. The van der Waals surface area contributed by atoms with E-state index in [1.54, 1.807) is 6.20 Å². The normalized spacial score (nSPS) is 17.4. The lowest BCUT2D eigenvalue weighted by Gasteiger charge is -2.16. The molecule has 0 N–H and O–H groups in total. The van der Waals surface area contributed by atoms with Crippen LogP contribution in [0.1, 0.15) is 39.4 Å². The number of fused-ring (bicyclic) bond motifs is 3. The van der Waals surface area contributed by atoms with E-state index in [-0.39, 0.29) is 28.2 Å². The van der Waals surface area contributed by atoms with Crippen LogP contribution in [0.2, 0.25) is 0 Å². The number of rotatable bonds is 1. The molecule has 0 fully saturated rings. The molecule has 0 unspecified atom stereocenters. The van der Waals surface area contributed by atoms with Gasteiger partial charge >= 0.3 is 0 Å². The summed E-state index contributed by atoms with van der Waals surface area (Å²) < 4.78 is 17.8. The van der Waals surface area contributed by atoms with E-state index in [0.29, 0.717) is 17.6 Å². The Morgan fingerprint density at radius 2 is 2.11 bits per heavy atom. The Kier molecular flexibility index (Phi) is 2.40. The molecule has 0 saturated heterocycles. The molecule has 0 atom stereocenters. The lowest BCUT2D eigenvalue weighted by Crippen LogP contribution is -2.25. The molecule has 2 aromatic rings. The summed E-state index contributed by atoms with van der Waals surface area (Å²) in [7, 11) is 0. The highest BCUT2D eigenvalue weighted by atomic mass is 19.1. The van der Waals surface area contributed by atoms with Gasteiger partial charge < -0.3 is 4.57 Å². The van der Waals surface area contributed by atoms with Crippen LogP contribution in [0.25, 0.3) is 10.9 Å². The third kappa shape index (κ3) is 1.64.